The van der Waals surface area contributed by atoms with Crippen molar-refractivity contribution in [1.82, 2.24) is 9.88 Å². The van der Waals surface area contributed by atoms with E-state index in [2.05, 4.69) is 4.98 Å². The molecule has 0 fully saturated rings. The van der Waals surface area contributed by atoms with Gasteiger partial charge in [0.1, 0.15) is 5.69 Å². The van der Waals surface area contributed by atoms with E-state index in [0.717, 1.165) is 27.9 Å². The number of amides is 1. The molecule has 0 atom stereocenters. The van der Waals surface area contributed by atoms with Crippen molar-refractivity contribution in [2.75, 3.05) is 6.61 Å². The first-order chi connectivity index (χ1) is 14.9. The zero-order valence-corrected chi connectivity index (χ0v) is 18.8. The Kier molecular flexibility index (Phi) is 7.53. The van der Waals surface area contributed by atoms with Gasteiger partial charge < -0.3 is 14.6 Å². The van der Waals surface area contributed by atoms with Crippen LogP contribution >= 0.6 is 11.6 Å². The molecule has 0 aliphatic carbocycles. The molecule has 0 spiro atoms. The zero-order chi connectivity index (χ0) is 22.4. The Hall–Kier alpha value is -3.05. The number of aryl methyl sites for hydroxylation is 1. The molecule has 2 aromatic carbocycles. The summed E-state index contributed by atoms with van der Waals surface area (Å²) in [6, 6.07) is 17.2. The van der Waals surface area contributed by atoms with E-state index in [9.17, 15) is 9.59 Å². The fourth-order valence-electron chi connectivity index (χ4n) is 3.55. The Balaban J connectivity index is 1.88. The molecule has 0 radical (unpaired) electrons. The fourth-order valence-corrected chi connectivity index (χ4v) is 3.67. The Morgan fingerprint density at radius 2 is 1.65 bits per heavy atom. The van der Waals surface area contributed by atoms with Gasteiger partial charge in [0.2, 0.25) is 5.91 Å². The second-order valence-electron chi connectivity index (χ2n) is 7.49. The molecule has 3 rings (SSSR count). The molecule has 0 saturated carbocycles. The monoisotopic (exact) mass is 438 g/mol. The van der Waals surface area contributed by atoms with Gasteiger partial charge in [0.05, 0.1) is 13.0 Å². The minimum absolute atomic E-state index is 0.0128. The van der Waals surface area contributed by atoms with Crippen LogP contribution in [-0.4, -0.2) is 28.4 Å². The van der Waals surface area contributed by atoms with Crippen molar-refractivity contribution >= 4 is 23.5 Å². The molecule has 1 N–H and O–H groups in total. The average molecular weight is 439 g/mol. The lowest BCUT2D eigenvalue weighted by atomic mass is 10.1. The van der Waals surface area contributed by atoms with Gasteiger partial charge in [-0.2, -0.15) is 0 Å². The molecule has 31 heavy (non-hydrogen) atoms. The zero-order valence-electron chi connectivity index (χ0n) is 18.1. The van der Waals surface area contributed by atoms with Crippen molar-refractivity contribution in [1.29, 1.82) is 0 Å². The average Bonchev–Trinajstić information content (AvgIpc) is 3.04. The van der Waals surface area contributed by atoms with Gasteiger partial charge in [-0.3, -0.25) is 4.79 Å². The molecule has 0 aliphatic rings. The summed E-state index contributed by atoms with van der Waals surface area (Å²) in [6.07, 6.45) is 0.307. The second kappa shape index (κ2) is 10.3. The number of benzene rings is 2. The first kappa shape index (κ1) is 22.6. The van der Waals surface area contributed by atoms with E-state index < -0.39 is 0 Å². The summed E-state index contributed by atoms with van der Waals surface area (Å²) in [6.45, 7) is 6.72. The van der Waals surface area contributed by atoms with Crippen LogP contribution in [0, 0.1) is 13.8 Å². The lowest BCUT2D eigenvalue weighted by Crippen LogP contribution is -2.31. The number of hydrogen-bond acceptors (Lipinski definition) is 3. The smallest absolute Gasteiger partial charge is 0.355 e. The largest absolute Gasteiger partial charge is 0.461 e. The van der Waals surface area contributed by atoms with Gasteiger partial charge in [0.25, 0.3) is 0 Å². The Bertz CT molecular complexity index is 1040. The molecule has 0 unspecified atom stereocenters. The summed E-state index contributed by atoms with van der Waals surface area (Å²) >= 11 is 6.02. The van der Waals surface area contributed by atoms with Crippen LogP contribution < -0.4 is 0 Å². The standard InChI is InChI=1S/C25H27ClN2O3/c1-4-31-25(30)24-17(2)22(18(3)27-24)16-28(15-20-10-12-21(26)13-11-20)23(29)14-19-8-6-5-7-9-19/h5-13,27H,4,14-16H2,1-3H3. The summed E-state index contributed by atoms with van der Waals surface area (Å²) in [4.78, 5) is 30.5. The highest BCUT2D eigenvalue weighted by atomic mass is 35.5. The second-order valence-corrected chi connectivity index (χ2v) is 7.92. The highest BCUT2D eigenvalue weighted by Gasteiger charge is 2.22. The maximum Gasteiger partial charge on any atom is 0.355 e. The van der Waals surface area contributed by atoms with E-state index in [-0.39, 0.29) is 11.9 Å². The highest BCUT2D eigenvalue weighted by molar-refractivity contribution is 6.30. The molecule has 0 bridgehead atoms. The van der Waals surface area contributed by atoms with E-state index in [1.165, 1.54) is 0 Å². The molecular formula is C25H27ClN2O3. The molecular weight excluding hydrogens is 412 g/mol. The van der Waals surface area contributed by atoms with Crippen LogP contribution in [0.4, 0.5) is 0 Å². The van der Waals surface area contributed by atoms with E-state index in [0.29, 0.717) is 36.8 Å². The van der Waals surface area contributed by atoms with E-state index in [1.807, 2.05) is 73.3 Å². The van der Waals surface area contributed by atoms with Crippen LogP contribution in [0.2, 0.25) is 5.02 Å². The molecule has 6 heteroatoms. The molecule has 3 aromatic rings. The number of nitrogens with zero attached hydrogens (tertiary/aromatic N) is 1. The summed E-state index contributed by atoms with van der Waals surface area (Å²) in [5, 5.41) is 0.655. The third-order valence-corrected chi connectivity index (χ3v) is 5.51. The van der Waals surface area contributed by atoms with E-state index >= 15 is 0 Å². The maximum atomic E-state index is 13.3. The van der Waals surface area contributed by atoms with Crippen molar-refractivity contribution in [3.8, 4) is 0 Å². The number of ether oxygens (including phenoxy) is 1. The molecule has 0 aliphatic heterocycles. The van der Waals surface area contributed by atoms with Gasteiger partial charge >= 0.3 is 5.97 Å². The predicted molar refractivity (Wildman–Crippen MR) is 122 cm³/mol. The van der Waals surface area contributed by atoms with Crippen molar-refractivity contribution in [2.24, 2.45) is 0 Å². The number of esters is 1. The lowest BCUT2D eigenvalue weighted by molar-refractivity contribution is -0.131. The van der Waals surface area contributed by atoms with Gasteiger partial charge in [-0.1, -0.05) is 54.1 Å². The van der Waals surface area contributed by atoms with Crippen LogP contribution in [0.3, 0.4) is 0 Å². The number of H-pyrrole nitrogens is 1. The van der Waals surface area contributed by atoms with Crippen molar-refractivity contribution in [2.45, 2.75) is 40.3 Å². The number of carbonyl (C=O) groups is 2. The predicted octanol–water partition coefficient (Wildman–Crippen LogP) is 5.23. The fraction of sp³-hybridized carbons (Fsp3) is 0.280. The lowest BCUT2D eigenvalue weighted by Gasteiger charge is -2.24. The Morgan fingerprint density at radius 1 is 0.968 bits per heavy atom. The number of aromatic nitrogens is 1. The molecule has 0 saturated heterocycles. The number of rotatable bonds is 8. The quantitative estimate of drug-likeness (QED) is 0.489. The number of halogens is 1. The first-order valence-corrected chi connectivity index (χ1v) is 10.7. The van der Waals surface area contributed by atoms with Gasteiger partial charge in [0, 0.05) is 23.8 Å². The molecule has 1 aromatic heterocycles. The summed E-state index contributed by atoms with van der Waals surface area (Å²) in [5.41, 5.74) is 4.99. The highest BCUT2D eigenvalue weighted by Crippen LogP contribution is 2.23. The van der Waals surface area contributed by atoms with Crippen LogP contribution in [-0.2, 0) is 29.0 Å². The number of nitrogens with one attached hydrogen (secondary N) is 1. The van der Waals surface area contributed by atoms with E-state index in [4.69, 9.17) is 16.3 Å². The molecule has 1 heterocycles. The topological polar surface area (TPSA) is 62.4 Å². The number of hydrogen-bond donors (Lipinski definition) is 1. The number of aromatic amines is 1. The van der Waals surface area contributed by atoms with Crippen molar-refractivity contribution < 1.29 is 14.3 Å². The number of carbonyl (C=O) groups excluding carboxylic acids is 2. The van der Waals surface area contributed by atoms with Crippen molar-refractivity contribution in [3.05, 3.63) is 93.3 Å². The normalized spacial score (nSPS) is 10.7. The first-order valence-electron chi connectivity index (χ1n) is 10.3. The third-order valence-electron chi connectivity index (χ3n) is 5.26. The van der Waals surface area contributed by atoms with Gasteiger partial charge in [0.15, 0.2) is 0 Å². The summed E-state index contributed by atoms with van der Waals surface area (Å²) in [5.74, 6) is -0.368. The molecule has 162 valence electrons. The SMILES string of the molecule is CCOC(=O)c1[nH]c(C)c(CN(Cc2ccc(Cl)cc2)C(=O)Cc2ccccc2)c1C. The van der Waals surface area contributed by atoms with Gasteiger partial charge in [-0.25, -0.2) is 4.79 Å². The van der Waals surface area contributed by atoms with Crippen LogP contribution in [0.1, 0.15) is 45.4 Å². The third kappa shape index (κ3) is 5.76. The van der Waals surface area contributed by atoms with E-state index in [1.54, 1.807) is 6.92 Å². The Morgan fingerprint density at radius 3 is 2.29 bits per heavy atom. The minimum atomic E-state index is -0.380. The van der Waals surface area contributed by atoms with Crippen LogP contribution in [0.5, 0.6) is 0 Å². The van der Waals surface area contributed by atoms with Crippen molar-refractivity contribution in [3.63, 3.8) is 0 Å². The maximum absolute atomic E-state index is 13.3. The minimum Gasteiger partial charge on any atom is -0.461 e. The molecule has 5 nitrogen and oxygen atoms in total. The summed E-state index contributed by atoms with van der Waals surface area (Å²) in [7, 11) is 0. The summed E-state index contributed by atoms with van der Waals surface area (Å²) < 4.78 is 5.15. The van der Waals surface area contributed by atoms with Gasteiger partial charge in [-0.05, 0) is 55.2 Å². The van der Waals surface area contributed by atoms with Crippen LogP contribution in [0.15, 0.2) is 54.6 Å². The Labute approximate surface area is 188 Å². The van der Waals surface area contributed by atoms with Gasteiger partial charge in [-0.15, -0.1) is 0 Å². The molecule has 1 amide bonds. The van der Waals surface area contributed by atoms with Crippen LogP contribution in [0.25, 0.3) is 0 Å².